The van der Waals surface area contributed by atoms with Gasteiger partial charge in [0, 0.05) is 18.7 Å². The molecule has 1 aliphatic carbocycles. The molecule has 2 rings (SSSR count). The Morgan fingerprint density at radius 1 is 1.21 bits per heavy atom. The summed E-state index contributed by atoms with van der Waals surface area (Å²) in [6.07, 6.45) is 7.67. The van der Waals surface area contributed by atoms with Gasteiger partial charge in [0.1, 0.15) is 17.6 Å². The van der Waals surface area contributed by atoms with Gasteiger partial charge in [-0.2, -0.15) is 0 Å². The molecular formula is C21H34IN3O3. The maximum Gasteiger partial charge on any atom is 0.191 e. The number of benzene rings is 1. The van der Waals surface area contributed by atoms with E-state index in [2.05, 4.69) is 21.7 Å². The number of aliphatic hydroxyl groups is 1. The van der Waals surface area contributed by atoms with Crippen LogP contribution in [-0.2, 0) is 0 Å². The summed E-state index contributed by atoms with van der Waals surface area (Å²) in [7, 11) is 3.19. The van der Waals surface area contributed by atoms with Crippen LogP contribution >= 0.6 is 24.0 Å². The van der Waals surface area contributed by atoms with E-state index in [4.69, 9.17) is 9.47 Å². The molecule has 1 unspecified atom stereocenters. The Kier molecular flexibility index (Phi) is 12.0. The molecule has 7 heteroatoms. The van der Waals surface area contributed by atoms with Gasteiger partial charge in [-0.3, -0.25) is 4.99 Å². The van der Waals surface area contributed by atoms with Gasteiger partial charge in [-0.05, 0) is 57.2 Å². The zero-order valence-electron chi connectivity index (χ0n) is 17.2. The molecule has 0 radical (unpaired) electrons. The van der Waals surface area contributed by atoms with Gasteiger partial charge in [0.2, 0.25) is 0 Å². The number of guanidine groups is 1. The highest BCUT2D eigenvalue weighted by atomic mass is 127. The second-order valence-corrected chi connectivity index (χ2v) is 6.63. The Hall–Kier alpha value is -1.48. The topological polar surface area (TPSA) is 75.1 Å². The van der Waals surface area contributed by atoms with E-state index >= 15 is 0 Å². The minimum absolute atomic E-state index is 0. The lowest BCUT2D eigenvalue weighted by Crippen LogP contribution is -2.38. The Morgan fingerprint density at radius 3 is 2.68 bits per heavy atom. The SMILES string of the molecule is CCNC(=NCC(O)c1cc(OC)ccc1OC)NCCC1=CCCCC1.I. The van der Waals surface area contributed by atoms with Gasteiger partial charge in [-0.15, -0.1) is 24.0 Å². The summed E-state index contributed by atoms with van der Waals surface area (Å²) in [5, 5.41) is 17.2. The summed E-state index contributed by atoms with van der Waals surface area (Å²) < 4.78 is 10.6. The van der Waals surface area contributed by atoms with Crippen molar-refractivity contribution in [3.05, 3.63) is 35.4 Å². The third-order valence-electron chi connectivity index (χ3n) is 4.69. The van der Waals surface area contributed by atoms with Crippen LogP contribution in [0.4, 0.5) is 0 Å². The van der Waals surface area contributed by atoms with Gasteiger partial charge in [0.05, 0.1) is 20.8 Å². The highest BCUT2D eigenvalue weighted by Gasteiger charge is 2.15. The molecule has 0 fully saturated rings. The number of allylic oxidation sites excluding steroid dienone is 1. The molecule has 0 aliphatic heterocycles. The average Bonchev–Trinajstić information content (AvgIpc) is 2.72. The second kappa shape index (κ2) is 13.7. The summed E-state index contributed by atoms with van der Waals surface area (Å²) in [5.74, 6) is 2.02. The first kappa shape index (κ1) is 24.6. The first-order valence-electron chi connectivity index (χ1n) is 9.78. The van der Waals surface area contributed by atoms with E-state index in [1.165, 1.54) is 31.3 Å². The normalized spacial score (nSPS) is 15.1. The monoisotopic (exact) mass is 503 g/mol. The molecule has 1 atom stereocenters. The lowest BCUT2D eigenvalue weighted by molar-refractivity contribution is 0.182. The summed E-state index contributed by atoms with van der Waals surface area (Å²) in [6, 6.07) is 5.39. The molecule has 6 nitrogen and oxygen atoms in total. The van der Waals surface area contributed by atoms with Crippen molar-refractivity contribution < 1.29 is 14.6 Å². The number of ether oxygens (including phenoxy) is 2. The third-order valence-corrected chi connectivity index (χ3v) is 4.69. The van der Waals surface area contributed by atoms with Crippen molar-refractivity contribution in [1.82, 2.24) is 10.6 Å². The molecule has 0 amide bonds. The molecule has 1 aliphatic rings. The van der Waals surface area contributed by atoms with E-state index in [1.54, 1.807) is 26.4 Å². The molecule has 158 valence electrons. The Labute approximate surface area is 185 Å². The lowest BCUT2D eigenvalue weighted by atomic mass is 9.97. The Bertz CT molecular complexity index is 650. The summed E-state index contributed by atoms with van der Waals surface area (Å²) in [5.41, 5.74) is 2.20. The molecule has 0 bridgehead atoms. The predicted molar refractivity (Wildman–Crippen MR) is 125 cm³/mol. The molecule has 0 spiro atoms. The van der Waals surface area contributed by atoms with Crippen molar-refractivity contribution in [2.45, 2.75) is 45.1 Å². The number of nitrogens with one attached hydrogen (secondary N) is 2. The third kappa shape index (κ3) is 7.87. The lowest BCUT2D eigenvalue weighted by Gasteiger charge is -2.17. The Balaban J connectivity index is 0.00000392. The number of aliphatic hydroxyl groups excluding tert-OH is 1. The zero-order chi connectivity index (χ0) is 19.5. The molecule has 0 saturated carbocycles. The van der Waals surface area contributed by atoms with Gasteiger partial charge in [0.15, 0.2) is 5.96 Å². The van der Waals surface area contributed by atoms with Crippen LogP contribution in [0.2, 0.25) is 0 Å². The number of hydrogen-bond acceptors (Lipinski definition) is 4. The molecule has 0 saturated heterocycles. The first-order valence-corrected chi connectivity index (χ1v) is 9.78. The summed E-state index contributed by atoms with van der Waals surface area (Å²) >= 11 is 0. The average molecular weight is 503 g/mol. The molecule has 1 aromatic carbocycles. The van der Waals surface area contributed by atoms with Crippen LogP contribution in [0, 0.1) is 0 Å². The number of aliphatic imine (C=N–C) groups is 1. The van der Waals surface area contributed by atoms with Crippen molar-refractivity contribution in [1.29, 1.82) is 0 Å². The van der Waals surface area contributed by atoms with Crippen LogP contribution in [-0.4, -0.2) is 44.9 Å². The van der Waals surface area contributed by atoms with Crippen molar-refractivity contribution >= 4 is 29.9 Å². The van der Waals surface area contributed by atoms with Gasteiger partial charge in [0.25, 0.3) is 0 Å². The van der Waals surface area contributed by atoms with Crippen LogP contribution < -0.4 is 20.1 Å². The standard InChI is InChI=1S/C21H33N3O3.HI/c1-4-22-21(23-13-12-16-8-6-5-7-9-16)24-15-19(25)18-14-17(26-2)10-11-20(18)27-3;/h8,10-11,14,19,25H,4-7,9,12-13,15H2,1-3H3,(H2,22,23,24);1H. The van der Waals surface area contributed by atoms with Crippen LogP contribution in [0.3, 0.4) is 0 Å². The zero-order valence-corrected chi connectivity index (χ0v) is 19.5. The van der Waals surface area contributed by atoms with Gasteiger partial charge < -0.3 is 25.2 Å². The largest absolute Gasteiger partial charge is 0.497 e. The van der Waals surface area contributed by atoms with Crippen molar-refractivity contribution in [3.63, 3.8) is 0 Å². The van der Waals surface area contributed by atoms with Crippen molar-refractivity contribution in [2.24, 2.45) is 4.99 Å². The number of halogens is 1. The molecule has 1 aromatic rings. The fourth-order valence-electron chi connectivity index (χ4n) is 3.19. The maximum absolute atomic E-state index is 10.6. The second-order valence-electron chi connectivity index (χ2n) is 6.63. The molecule has 28 heavy (non-hydrogen) atoms. The minimum atomic E-state index is -0.772. The van der Waals surface area contributed by atoms with Crippen LogP contribution in [0.25, 0.3) is 0 Å². The molecule has 0 heterocycles. The number of methoxy groups -OCH3 is 2. The van der Waals surface area contributed by atoms with Crippen LogP contribution in [0.15, 0.2) is 34.8 Å². The maximum atomic E-state index is 10.6. The fourth-order valence-corrected chi connectivity index (χ4v) is 3.19. The first-order chi connectivity index (χ1) is 13.2. The van der Waals surface area contributed by atoms with E-state index in [0.717, 1.165) is 25.5 Å². The van der Waals surface area contributed by atoms with E-state index < -0.39 is 6.10 Å². The molecule has 3 N–H and O–H groups in total. The van der Waals surface area contributed by atoms with E-state index in [-0.39, 0.29) is 30.5 Å². The van der Waals surface area contributed by atoms with Gasteiger partial charge >= 0.3 is 0 Å². The van der Waals surface area contributed by atoms with Crippen molar-refractivity contribution in [2.75, 3.05) is 33.9 Å². The van der Waals surface area contributed by atoms with E-state index in [9.17, 15) is 5.11 Å². The minimum Gasteiger partial charge on any atom is -0.497 e. The van der Waals surface area contributed by atoms with E-state index in [0.29, 0.717) is 17.1 Å². The summed E-state index contributed by atoms with van der Waals surface area (Å²) in [4.78, 5) is 4.53. The molecular weight excluding hydrogens is 469 g/mol. The molecule has 0 aromatic heterocycles. The smallest absolute Gasteiger partial charge is 0.191 e. The van der Waals surface area contributed by atoms with E-state index in [1.807, 2.05) is 13.0 Å². The van der Waals surface area contributed by atoms with Gasteiger partial charge in [-0.25, -0.2) is 0 Å². The van der Waals surface area contributed by atoms with Crippen LogP contribution in [0.1, 0.15) is 50.7 Å². The van der Waals surface area contributed by atoms with Crippen LogP contribution in [0.5, 0.6) is 11.5 Å². The number of hydrogen-bond donors (Lipinski definition) is 3. The van der Waals surface area contributed by atoms with Gasteiger partial charge in [-0.1, -0.05) is 11.6 Å². The Morgan fingerprint density at radius 2 is 2.04 bits per heavy atom. The predicted octanol–water partition coefficient (Wildman–Crippen LogP) is 3.80. The number of rotatable bonds is 9. The number of nitrogens with zero attached hydrogens (tertiary/aromatic N) is 1. The fraction of sp³-hybridized carbons (Fsp3) is 0.571. The highest BCUT2D eigenvalue weighted by Crippen LogP contribution is 2.29. The highest BCUT2D eigenvalue weighted by molar-refractivity contribution is 14.0. The summed E-state index contributed by atoms with van der Waals surface area (Å²) in [6.45, 7) is 3.88. The van der Waals surface area contributed by atoms with Crippen molar-refractivity contribution in [3.8, 4) is 11.5 Å². The quantitative estimate of drug-likeness (QED) is 0.207.